The molecule has 2 N–H and O–H groups in total. The van der Waals surface area contributed by atoms with Crippen molar-refractivity contribution in [3.05, 3.63) is 35.0 Å². The molecule has 0 saturated heterocycles. The summed E-state index contributed by atoms with van der Waals surface area (Å²) in [5.41, 5.74) is 1.94. The van der Waals surface area contributed by atoms with Gasteiger partial charge >= 0.3 is 6.03 Å². The molecular weight excluding hydrogens is 308 g/mol. The molecule has 2 amide bonds. The fourth-order valence-corrected chi connectivity index (χ4v) is 2.91. The van der Waals surface area contributed by atoms with Crippen LogP contribution in [-0.2, 0) is 24.3 Å². The summed E-state index contributed by atoms with van der Waals surface area (Å²) in [7, 11) is 1.62. The van der Waals surface area contributed by atoms with Crippen molar-refractivity contribution in [1.82, 2.24) is 25.1 Å². The Bertz CT molecular complexity index is 722. The predicted molar refractivity (Wildman–Crippen MR) is 88.7 cm³/mol. The Labute approximate surface area is 140 Å². The Morgan fingerprint density at radius 3 is 2.96 bits per heavy atom. The number of nitrogens with one attached hydrogen (secondary N) is 2. The van der Waals surface area contributed by atoms with Gasteiger partial charge in [0, 0.05) is 19.2 Å². The normalized spacial score (nSPS) is 16.5. The Balaban J connectivity index is 1.59. The van der Waals surface area contributed by atoms with E-state index in [4.69, 9.17) is 4.74 Å². The summed E-state index contributed by atoms with van der Waals surface area (Å²) in [4.78, 5) is 20.9. The van der Waals surface area contributed by atoms with Crippen LogP contribution in [0.1, 0.15) is 29.3 Å². The molecule has 1 atom stereocenters. The molecule has 8 heteroatoms. The molecule has 0 aliphatic carbocycles. The highest BCUT2D eigenvalue weighted by atomic mass is 16.5. The van der Waals surface area contributed by atoms with Gasteiger partial charge in [0.2, 0.25) is 0 Å². The van der Waals surface area contributed by atoms with E-state index in [0.717, 1.165) is 29.9 Å². The smallest absolute Gasteiger partial charge is 0.320 e. The summed E-state index contributed by atoms with van der Waals surface area (Å²) < 4.78 is 6.90. The number of urea groups is 1. The van der Waals surface area contributed by atoms with Gasteiger partial charge in [0.1, 0.15) is 18.2 Å². The number of carbonyl (C=O) groups excluding carboxylic acids is 1. The number of rotatable bonds is 4. The second-order valence-corrected chi connectivity index (χ2v) is 6.06. The van der Waals surface area contributed by atoms with Gasteiger partial charge in [-0.3, -0.25) is 5.32 Å². The number of methoxy groups -OCH3 is 1. The molecule has 0 bridgehead atoms. The number of aromatic nitrogens is 4. The molecule has 24 heavy (non-hydrogen) atoms. The molecule has 3 heterocycles. The number of pyridine rings is 1. The fourth-order valence-electron chi connectivity index (χ4n) is 2.91. The van der Waals surface area contributed by atoms with Crippen LogP contribution in [-0.4, -0.2) is 38.9 Å². The van der Waals surface area contributed by atoms with Crippen molar-refractivity contribution >= 4 is 11.8 Å². The van der Waals surface area contributed by atoms with E-state index in [1.54, 1.807) is 7.11 Å². The van der Waals surface area contributed by atoms with Crippen LogP contribution in [0.4, 0.5) is 10.6 Å². The van der Waals surface area contributed by atoms with E-state index in [-0.39, 0.29) is 12.1 Å². The van der Waals surface area contributed by atoms with Crippen LogP contribution in [0.5, 0.6) is 0 Å². The molecule has 0 spiro atoms. The van der Waals surface area contributed by atoms with Crippen molar-refractivity contribution in [2.75, 3.05) is 12.4 Å². The van der Waals surface area contributed by atoms with Gasteiger partial charge in [-0.1, -0.05) is 0 Å². The number of aryl methyl sites for hydroxylation is 3. The molecule has 2 aromatic heterocycles. The summed E-state index contributed by atoms with van der Waals surface area (Å²) in [5.74, 6) is 2.18. The van der Waals surface area contributed by atoms with Gasteiger partial charge in [-0.05, 0) is 38.0 Å². The van der Waals surface area contributed by atoms with Crippen LogP contribution in [0.2, 0.25) is 0 Å². The van der Waals surface area contributed by atoms with Crippen molar-refractivity contribution in [3.8, 4) is 0 Å². The van der Waals surface area contributed by atoms with Crippen LogP contribution < -0.4 is 10.6 Å². The van der Waals surface area contributed by atoms with E-state index < -0.39 is 0 Å². The van der Waals surface area contributed by atoms with E-state index in [1.165, 1.54) is 0 Å². The summed E-state index contributed by atoms with van der Waals surface area (Å²) in [6.07, 6.45) is 1.61. The van der Waals surface area contributed by atoms with Gasteiger partial charge in [0.25, 0.3) is 0 Å². The van der Waals surface area contributed by atoms with Crippen molar-refractivity contribution in [3.63, 3.8) is 0 Å². The molecular formula is C16H22N6O2. The largest absolute Gasteiger partial charge is 0.377 e. The minimum absolute atomic E-state index is 0.0144. The minimum atomic E-state index is -0.252. The van der Waals surface area contributed by atoms with Crippen molar-refractivity contribution < 1.29 is 9.53 Å². The lowest BCUT2D eigenvalue weighted by Crippen LogP contribution is -2.43. The first-order valence-electron chi connectivity index (χ1n) is 7.98. The van der Waals surface area contributed by atoms with Gasteiger partial charge in [0.15, 0.2) is 5.82 Å². The molecule has 0 aromatic carbocycles. The first-order chi connectivity index (χ1) is 11.5. The van der Waals surface area contributed by atoms with Crippen LogP contribution in [0, 0.1) is 13.8 Å². The number of amides is 2. The molecule has 1 aliphatic heterocycles. The summed E-state index contributed by atoms with van der Waals surface area (Å²) >= 11 is 0. The molecule has 1 unspecified atom stereocenters. The van der Waals surface area contributed by atoms with Gasteiger partial charge in [-0.15, -0.1) is 0 Å². The predicted octanol–water partition coefficient (Wildman–Crippen LogP) is 1.57. The van der Waals surface area contributed by atoms with Crippen LogP contribution >= 0.6 is 0 Å². The number of nitrogens with zero attached hydrogens (tertiary/aromatic N) is 4. The van der Waals surface area contributed by atoms with E-state index in [2.05, 4.69) is 25.7 Å². The zero-order valence-electron chi connectivity index (χ0n) is 14.2. The minimum Gasteiger partial charge on any atom is -0.377 e. The molecule has 0 saturated carbocycles. The lowest BCUT2D eigenvalue weighted by Gasteiger charge is -2.23. The maximum Gasteiger partial charge on any atom is 0.320 e. The first kappa shape index (κ1) is 16.4. The second-order valence-electron chi connectivity index (χ2n) is 6.06. The first-order valence-corrected chi connectivity index (χ1v) is 7.98. The van der Waals surface area contributed by atoms with Gasteiger partial charge < -0.3 is 10.1 Å². The zero-order valence-corrected chi connectivity index (χ0v) is 14.2. The number of anilines is 1. The van der Waals surface area contributed by atoms with Crippen molar-refractivity contribution in [2.24, 2.45) is 0 Å². The Morgan fingerprint density at radius 2 is 2.21 bits per heavy atom. The van der Waals surface area contributed by atoms with Crippen LogP contribution in [0.25, 0.3) is 0 Å². The zero-order chi connectivity index (χ0) is 17.1. The summed E-state index contributed by atoms with van der Waals surface area (Å²) in [6, 6.07) is 3.58. The Hall–Kier alpha value is -2.48. The standard InChI is InChI=1S/C16H22N6O2/c1-10-6-11(2)17-13(7-10)20-16(23)18-12-4-5-15-19-14(9-24-3)21-22(15)8-12/h6-7,12H,4-5,8-9H2,1-3H3,(H2,17,18,20,23). The van der Waals surface area contributed by atoms with E-state index in [9.17, 15) is 4.79 Å². The average Bonchev–Trinajstić information content (AvgIpc) is 2.88. The van der Waals surface area contributed by atoms with Crippen molar-refractivity contribution in [2.45, 2.75) is 45.9 Å². The molecule has 8 nitrogen and oxygen atoms in total. The van der Waals surface area contributed by atoms with Gasteiger partial charge in [-0.2, -0.15) is 5.10 Å². The average molecular weight is 330 g/mol. The van der Waals surface area contributed by atoms with Gasteiger partial charge in [0.05, 0.1) is 12.6 Å². The van der Waals surface area contributed by atoms with E-state index in [0.29, 0.717) is 24.8 Å². The van der Waals surface area contributed by atoms with Crippen molar-refractivity contribution in [1.29, 1.82) is 0 Å². The molecule has 2 aromatic rings. The number of hydrogen-bond acceptors (Lipinski definition) is 5. The van der Waals surface area contributed by atoms with Crippen LogP contribution in [0.15, 0.2) is 12.1 Å². The molecule has 128 valence electrons. The topological polar surface area (TPSA) is 94.0 Å². The van der Waals surface area contributed by atoms with E-state index in [1.807, 2.05) is 30.7 Å². The monoisotopic (exact) mass is 330 g/mol. The quantitative estimate of drug-likeness (QED) is 0.887. The SMILES string of the molecule is COCc1nc2n(n1)CC(NC(=O)Nc1cc(C)cc(C)n1)CC2. The molecule has 0 fully saturated rings. The highest BCUT2D eigenvalue weighted by Gasteiger charge is 2.23. The molecule has 0 radical (unpaired) electrons. The lowest BCUT2D eigenvalue weighted by atomic mass is 10.1. The van der Waals surface area contributed by atoms with E-state index >= 15 is 0 Å². The van der Waals surface area contributed by atoms with Crippen LogP contribution in [0.3, 0.4) is 0 Å². The number of ether oxygens (including phenoxy) is 1. The lowest BCUT2D eigenvalue weighted by molar-refractivity contribution is 0.177. The number of fused-ring (bicyclic) bond motifs is 1. The highest BCUT2D eigenvalue weighted by molar-refractivity contribution is 5.88. The maximum atomic E-state index is 12.2. The summed E-state index contributed by atoms with van der Waals surface area (Å²) in [6.45, 7) is 4.89. The maximum absolute atomic E-state index is 12.2. The third-order valence-corrected chi connectivity index (χ3v) is 3.85. The number of carbonyl (C=O) groups is 1. The van der Waals surface area contributed by atoms with Gasteiger partial charge in [-0.25, -0.2) is 19.4 Å². The third-order valence-electron chi connectivity index (χ3n) is 3.85. The Kier molecular flexibility index (Phi) is 4.75. The summed E-state index contributed by atoms with van der Waals surface area (Å²) in [5, 5.41) is 10.2. The second kappa shape index (κ2) is 6.96. The Morgan fingerprint density at radius 1 is 1.38 bits per heavy atom. The third kappa shape index (κ3) is 3.88. The number of hydrogen-bond donors (Lipinski definition) is 2. The molecule has 3 rings (SSSR count). The molecule has 1 aliphatic rings. The fraction of sp³-hybridized carbons (Fsp3) is 0.500. The highest BCUT2D eigenvalue weighted by Crippen LogP contribution is 2.14.